The number of fused-ring (bicyclic) bond motifs is 3. The Morgan fingerprint density at radius 2 is 1.76 bits per heavy atom. The van der Waals surface area contributed by atoms with Crippen LogP contribution in [0.3, 0.4) is 0 Å². The Morgan fingerprint density at radius 3 is 2.27 bits per heavy atom. The van der Waals surface area contributed by atoms with Crippen LogP contribution in [0.15, 0.2) is 28.7 Å². The molecule has 1 aromatic rings. The number of benzene rings is 1. The van der Waals surface area contributed by atoms with E-state index in [1.54, 1.807) is 6.92 Å². The summed E-state index contributed by atoms with van der Waals surface area (Å²) >= 11 is 3.55. The number of anilines is 1. The van der Waals surface area contributed by atoms with Gasteiger partial charge in [0.15, 0.2) is 0 Å². The van der Waals surface area contributed by atoms with Crippen LogP contribution in [0.5, 0.6) is 0 Å². The highest BCUT2D eigenvalue weighted by Crippen LogP contribution is 2.53. The second-order valence-electron chi connectivity index (χ2n) is 11.9. The summed E-state index contributed by atoms with van der Waals surface area (Å²) in [6, 6.07) is 7.93. The maximum atomic E-state index is 13.5. The Bertz CT molecular complexity index is 891. The maximum absolute atomic E-state index is 13.5. The van der Waals surface area contributed by atoms with Crippen molar-refractivity contribution in [3.63, 3.8) is 0 Å². The molecule has 4 aliphatic rings. The fourth-order valence-corrected chi connectivity index (χ4v) is 6.27. The van der Waals surface area contributed by atoms with Gasteiger partial charge in [-0.15, -0.1) is 0 Å². The Labute approximate surface area is 205 Å². The molecule has 4 saturated carbocycles. The van der Waals surface area contributed by atoms with Crippen LogP contribution >= 0.6 is 15.9 Å². The average molecular weight is 521 g/mol. The van der Waals surface area contributed by atoms with Crippen LogP contribution in [0.4, 0.5) is 10.5 Å². The molecule has 0 spiro atoms. The topological polar surface area (TPSA) is 78.9 Å². The van der Waals surface area contributed by atoms with Crippen molar-refractivity contribution in [2.24, 2.45) is 11.3 Å². The lowest BCUT2D eigenvalue weighted by atomic mass is 9.57. The molecule has 4 fully saturated rings. The van der Waals surface area contributed by atoms with E-state index in [1.807, 2.05) is 49.9 Å². The first-order chi connectivity index (χ1) is 15.3. The van der Waals surface area contributed by atoms with Gasteiger partial charge < -0.3 is 20.1 Å². The minimum absolute atomic E-state index is 0.0571. The fraction of sp³-hybridized carbons (Fsp3) is 0.692. The standard InChI is InChI=1S/C26H37BrN2O4/c1-23(2,3)33-22(31)28-26-11-8-25(9-12-26,10-13-26)17-29(20-7-5-6-19(27)14-20)21(30)18-15-24(4,32)16-18/h5-7,14,18,32H,8-13,15-17H2,1-4H3,(H,28,31)/t18-,24+,25?,26?. The molecule has 2 amide bonds. The predicted molar refractivity (Wildman–Crippen MR) is 132 cm³/mol. The Balaban J connectivity index is 1.47. The third-order valence-corrected chi connectivity index (χ3v) is 8.26. The molecule has 5 rings (SSSR count). The number of hydrogen-bond acceptors (Lipinski definition) is 4. The van der Waals surface area contributed by atoms with Gasteiger partial charge in [-0.2, -0.15) is 0 Å². The fourth-order valence-electron chi connectivity index (χ4n) is 5.88. The van der Waals surface area contributed by atoms with E-state index in [4.69, 9.17) is 4.74 Å². The molecule has 2 bridgehead atoms. The normalized spacial score (nSPS) is 33.2. The van der Waals surface area contributed by atoms with Gasteiger partial charge in [-0.05, 0) is 103 Å². The van der Waals surface area contributed by atoms with Crippen molar-refractivity contribution in [3.8, 4) is 0 Å². The number of halogens is 1. The van der Waals surface area contributed by atoms with E-state index in [2.05, 4.69) is 21.2 Å². The summed E-state index contributed by atoms with van der Waals surface area (Å²) in [5, 5.41) is 13.4. The number of nitrogens with zero attached hydrogens (tertiary/aromatic N) is 1. The lowest BCUT2D eigenvalue weighted by molar-refractivity contribution is -0.137. The van der Waals surface area contributed by atoms with Crippen LogP contribution in [0.2, 0.25) is 0 Å². The second-order valence-corrected chi connectivity index (χ2v) is 12.8. The molecule has 182 valence electrons. The van der Waals surface area contributed by atoms with Crippen molar-refractivity contribution in [1.29, 1.82) is 0 Å². The van der Waals surface area contributed by atoms with Gasteiger partial charge in [0.2, 0.25) is 5.91 Å². The van der Waals surface area contributed by atoms with Gasteiger partial charge in [0.1, 0.15) is 5.60 Å². The Morgan fingerprint density at radius 1 is 1.15 bits per heavy atom. The van der Waals surface area contributed by atoms with E-state index in [9.17, 15) is 14.7 Å². The minimum atomic E-state index is -0.732. The van der Waals surface area contributed by atoms with E-state index in [1.165, 1.54) is 0 Å². The second kappa shape index (κ2) is 8.56. The van der Waals surface area contributed by atoms with Crippen molar-refractivity contribution in [2.45, 2.75) is 95.8 Å². The molecule has 0 atom stereocenters. The number of ether oxygens (including phenoxy) is 1. The third kappa shape index (κ3) is 5.56. The molecule has 0 aromatic heterocycles. The van der Waals surface area contributed by atoms with E-state index >= 15 is 0 Å². The van der Waals surface area contributed by atoms with E-state index in [0.717, 1.165) is 48.7 Å². The van der Waals surface area contributed by atoms with Gasteiger partial charge >= 0.3 is 6.09 Å². The zero-order valence-electron chi connectivity index (χ0n) is 20.2. The molecule has 6 nitrogen and oxygen atoms in total. The largest absolute Gasteiger partial charge is 0.444 e. The number of aliphatic hydroxyl groups is 1. The van der Waals surface area contributed by atoms with Gasteiger partial charge in [-0.3, -0.25) is 4.79 Å². The first-order valence-corrected chi connectivity index (χ1v) is 12.9. The monoisotopic (exact) mass is 520 g/mol. The summed E-state index contributed by atoms with van der Waals surface area (Å²) in [5.41, 5.74) is -0.470. The molecule has 7 heteroatoms. The van der Waals surface area contributed by atoms with Crippen molar-refractivity contribution in [3.05, 3.63) is 28.7 Å². The lowest BCUT2D eigenvalue weighted by Crippen LogP contribution is -2.60. The van der Waals surface area contributed by atoms with Gasteiger partial charge in [-0.1, -0.05) is 22.0 Å². The zero-order valence-corrected chi connectivity index (χ0v) is 21.8. The summed E-state index contributed by atoms with van der Waals surface area (Å²) < 4.78 is 6.46. The van der Waals surface area contributed by atoms with Gasteiger partial charge in [0, 0.05) is 28.2 Å². The van der Waals surface area contributed by atoms with Gasteiger partial charge in [0.05, 0.1) is 5.60 Å². The van der Waals surface area contributed by atoms with E-state index < -0.39 is 11.2 Å². The highest BCUT2D eigenvalue weighted by atomic mass is 79.9. The molecule has 0 saturated heterocycles. The van der Waals surface area contributed by atoms with Crippen LogP contribution in [-0.2, 0) is 9.53 Å². The summed E-state index contributed by atoms with van der Waals surface area (Å²) in [7, 11) is 0. The Hall–Kier alpha value is -1.60. The smallest absolute Gasteiger partial charge is 0.408 e. The van der Waals surface area contributed by atoms with Crippen molar-refractivity contribution in [1.82, 2.24) is 5.32 Å². The summed E-state index contributed by atoms with van der Waals surface area (Å²) in [5.74, 6) is -0.0150. The lowest BCUT2D eigenvalue weighted by Gasteiger charge is -2.55. The summed E-state index contributed by atoms with van der Waals surface area (Å²) in [4.78, 5) is 27.9. The molecule has 2 N–H and O–H groups in total. The van der Waals surface area contributed by atoms with Gasteiger partial charge in [0.25, 0.3) is 0 Å². The molecule has 0 unspecified atom stereocenters. The van der Waals surface area contributed by atoms with Crippen LogP contribution in [0, 0.1) is 11.3 Å². The SMILES string of the molecule is CC(C)(C)OC(=O)NC12CCC(CN(c3cccc(Br)c3)C(=O)[C@H]3C[C@@](C)(O)C3)(CC1)CC2. The van der Waals surface area contributed by atoms with Crippen LogP contribution in [0.25, 0.3) is 0 Å². The number of rotatable bonds is 5. The number of nitrogens with one attached hydrogen (secondary N) is 1. The number of alkyl carbamates (subject to hydrolysis) is 1. The molecule has 0 heterocycles. The van der Waals surface area contributed by atoms with E-state index in [0.29, 0.717) is 19.4 Å². The maximum Gasteiger partial charge on any atom is 0.408 e. The quantitative estimate of drug-likeness (QED) is 0.532. The van der Waals surface area contributed by atoms with Crippen LogP contribution in [0.1, 0.15) is 79.1 Å². The predicted octanol–water partition coefficient (Wildman–Crippen LogP) is 5.56. The van der Waals surface area contributed by atoms with Gasteiger partial charge in [-0.25, -0.2) is 4.79 Å². The molecular weight excluding hydrogens is 484 g/mol. The van der Waals surface area contributed by atoms with Crippen LogP contribution < -0.4 is 10.2 Å². The summed E-state index contributed by atoms with van der Waals surface area (Å²) in [6.07, 6.45) is 6.36. The van der Waals surface area contributed by atoms with Crippen molar-refractivity contribution in [2.75, 3.05) is 11.4 Å². The molecule has 1 aromatic carbocycles. The average Bonchev–Trinajstić information content (AvgIpc) is 2.69. The first-order valence-electron chi connectivity index (χ1n) is 12.1. The van der Waals surface area contributed by atoms with Crippen molar-refractivity contribution < 1.29 is 19.4 Å². The number of carbonyl (C=O) groups is 2. The highest BCUT2D eigenvalue weighted by Gasteiger charge is 2.52. The van der Waals surface area contributed by atoms with Crippen LogP contribution in [-0.4, -0.2) is 40.4 Å². The molecule has 0 radical (unpaired) electrons. The summed E-state index contributed by atoms with van der Waals surface area (Å²) in [6.45, 7) is 8.13. The zero-order chi connectivity index (χ0) is 24.1. The molecular formula is C26H37BrN2O4. The highest BCUT2D eigenvalue weighted by molar-refractivity contribution is 9.10. The van der Waals surface area contributed by atoms with E-state index in [-0.39, 0.29) is 28.9 Å². The molecule has 0 aliphatic heterocycles. The molecule has 4 aliphatic carbocycles. The third-order valence-electron chi connectivity index (χ3n) is 7.77. The number of hydrogen-bond donors (Lipinski definition) is 2. The number of amides is 2. The van der Waals surface area contributed by atoms with Crippen molar-refractivity contribution >= 4 is 33.6 Å². The first kappa shape index (κ1) is 24.5. The number of carbonyl (C=O) groups excluding carboxylic acids is 2. The molecule has 33 heavy (non-hydrogen) atoms. The Kier molecular flexibility index (Phi) is 6.36. The minimum Gasteiger partial charge on any atom is -0.444 e.